The van der Waals surface area contributed by atoms with Crippen molar-refractivity contribution in [1.29, 1.82) is 0 Å². The van der Waals surface area contributed by atoms with Gasteiger partial charge in [0.05, 0.1) is 11.4 Å². The number of para-hydroxylation sites is 1. The lowest BCUT2D eigenvalue weighted by atomic mass is 9.90. The number of fused-ring (bicyclic) bond motifs is 8. The molecule has 262 valence electrons. The van der Waals surface area contributed by atoms with E-state index in [0.29, 0.717) is 23.4 Å². The second-order valence-corrected chi connectivity index (χ2v) is 14.7. The van der Waals surface area contributed by atoms with Crippen LogP contribution in [0.25, 0.3) is 82.7 Å². The molecule has 0 saturated carbocycles. The van der Waals surface area contributed by atoms with Gasteiger partial charge in [-0.2, -0.15) is 9.97 Å². The van der Waals surface area contributed by atoms with E-state index in [4.69, 9.17) is 19.4 Å². The molecular weight excluding hydrogens is 693 g/mol. The van der Waals surface area contributed by atoms with Crippen molar-refractivity contribution in [2.75, 3.05) is 4.90 Å². The second kappa shape index (κ2) is 12.9. The molecule has 1 aliphatic rings. The van der Waals surface area contributed by atoms with E-state index in [1.165, 1.54) is 15.5 Å². The maximum Gasteiger partial charge on any atom is 0.238 e. The zero-order chi connectivity index (χ0) is 37.2. The molecule has 0 N–H and O–H groups in total. The highest BCUT2D eigenvalue weighted by Crippen LogP contribution is 2.44. The van der Waals surface area contributed by atoms with Crippen molar-refractivity contribution < 1.29 is 4.42 Å². The van der Waals surface area contributed by atoms with Crippen molar-refractivity contribution in [2.45, 2.75) is 13.8 Å². The molecule has 0 atom stereocenters. The van der Waals surface area contributed by atoms with E-state index >= 15 is 0 Å². The summed E-state index contributed by atoms with van der Waals surface area (Å²) < 4.78 is 8.73. The first-order chi connectivity index (χ1) is 27.1. The van der Waals surface area contributed by atoms with Crippen LogP contribution in [0.5, 0.6) is 0 Å². The number of nitrogens with zero attached hydrogens (tertiary/aromatic N) is 4. The highest BCUT2D eigenvalue weighted by molar-refractivity contribution is 7.26. The van der Waals surface area contributed by atoms with Crippen LogP contribution in [0, 0.1) is 0 Å². The molecule has 4 heterocycles. The van der Waals surface area contributed by atoms with Gasteiger partial charge in [0.25, 0.3) is 0 Å². The number of hydrogen-bond donors (Lipinski definition) is 0. The zero-order valence-electron chi connectivity index (χ0n) is 30.4. The van der Waals surface area contributed by atoms with Gasteiger partial charge in [-0.25, -0.2) is 4.98 Å². The van der Waals surface area contributed by atoms with Crippen LogP contribution in [-0.4, -0.2) is 15.0 Å². The van der Waals surface area contributed by atoms with Gasteiger partial charge < -0.3 is 4.42 Å². The number of aromatic nitrogens is 3. The molecule has 0 spiro atoms. The van der Waals surface area contributed by atoms with Crippen molar-refractivity contribution in [3.8, 4) is 11.4 Å². The van der Waals surface area contributed by atoms with Crippen LogP contribution < -0.4 is 15.3 Å². The molecule has 10 rings (SSSR count). The Kier molecular flexibility index (Phi) is 7.68. The summed E-state index contributed by atoms with van der Waals surface area (Å²) in [7, 11) is 0. The van der Waals surface area contributed by atoms with E-state index in [-0.39, 0.29) is 0 Å². The minimum Gasteiger partial charge on any atom is -0.456 e. The Balaban J connectivity index is 1.29. The van der Waals surface area contributed by atoms with Gasteiger partial charge in [-0.15, -0.1) is 11.3 Å². The smallest absolute Gasteiger partial charge is 0.238 e. The number of anilines is 3. The van der Waals surface area contributed by atoms with Crippen LogP contribution >= 0.6 is 11.3 Å². The number of hydrogen-bond acceptors (Lipinski definition) is 6. The van der Waals surface area contributed by atoms with Gasteiger partial charge in [0.2, 0.25) is 5.95 Å². The molecule has 6 heteroatoms. The monoisotopic (exact) mass is 726 g/mol. The first kappa shape index (κ1) is 32.7. The lowest BCUT2D eigenvalue weighted by Gasteiger charge is -2.32. The number of benzene rings is 6. The van der Waals surface area contributed by atoms with Crippen molar-refractivity contribution in [3.63, 3.8) is 0 Å². The Hall–Kier alpha value is -6.89. The molecule has 0 amide bonds. The maximum absolute atomic E-state index is 6.38. The van der Waals surface area contributed by atoms with Gasteiger partial charge in [-0.05, 0) is 77.4 Å². The van der Waals surface area contributed by atoms with Gasteiger partial charge in [-0.1, -0.05) is 122 Å². The van der Waals surface area contributed by atoms with Gasteiger partial charge in [0.1, 0.15) is 11.3 Å². The average Bonchev–Trinajstić information content (AvgIpc) is 3.79. The van der Waals surface area contributed by atoms with E-state index in [1.54, 1.807) is 11.3 Å². The Bertz CT molecular complexity index is 3240. The van der Waals surface area contributed by atoms with Gasteiger partial charge in [-0.3, -0.25) is 4.90 Å². The highest BCUT2D eigenvalue weighted by Gasteiger charge is 2.29. The molecule has 1 aliphatic heterocycles. The minimum atomic E-state index is 0.522. The summed E-state index contributed by atoms with van der Waals surface area (Å²) in [5.41, 5.74) is 7.65. The molecule has 55 heavy (non-hydrogen) atoms. The summed E-state index contributed by atoms with van der Waals surface area (Å²) >= 11 is 1.76. The fourth-order valence-electron chi connectivity index (χ4n) is 8.03. The van der Waals surface area contributed by atoms with E-state index in [0.717, 1.165) is 76.1 Å². The highest BCUT2D eigenvalue weighted by atomic mass is 32.1. The molecule has 6 aromatic carbocycles. The number of rotatable bonds is 6. The summed E-state index contributed by atoms with van der Waals surface area (Å²) in [6.45, 7) is 12.6. The Labute approximate surface area is 321 Å². The molecule has 0 bridgehead atoms. The lowest BCUT2D eigenvalue weighted by Crippen LogP contribution is -2.36. The summed E-state index contributed by atoms with van der Waals surface area (Å²) in [5.74, 6) is 2.37. The third-order valence-corrected chi connectivity index (χ3v) is 11.8. The first-order valence-corrected chi connectivity index (χ1v) is 19.1. The Morgan fingerprint density at radius 3 is 2.31 bits per heavy atom. The Morgan fingerprint density at radius 2 is 1.47 bits per heavy atom. The fourth-order valence-corrected chi connectivity index (χ4v) is 9.24. The first-order valence-electron chi connectivity index (χ1n) is 18.3. The normalized spacial score (nSPS) is 13.2. The third kappa shape index (κ3) is 5.10. The quantitative estimate of drug-likeness (QED) is 0.171. The van der Waals surface area contributed by atoms with Crippen LogP contribution in [0.1, 0.15) is 36.6 Å². The van der Waals surface area contributed by atoms with Crippen LogP contribution in [0.2, 0.25) is 0 Å². The Morgan fingerprint density at radius 1 is 0.709 bits per heavy atom. The zero-order valence-corrected chi connectivity index (χ0v) is 31.2. The molecule has 0 unspecified atom stereocenters. The van der Waals surface area contributed by atoms with Crippen LogP contribution in [0.3, 0.4) is 0 Å². The minimum absolute atomic E-state index is 0.522. The van der Waals surface area contributed by atoms with Gasteiger partial charge >= 0.3 is 0 Å². The molecule has 0 fully saturated rings. The van der Waals surface area contributed by atoms with Crippen LogP contribution in [-0.2, 0) is 0 Å². The predicted octanol–water partition coefficient (Wildman–Crippen LogP) is 12.0. The average molecular weight is 727 g/mol. The van der Waals surface area contributed by atoms with Crippen molar-refractivity contribution in [1.82, 2.24) is 15.0 Å². The number of allylic oxidation sites excluding steroid dienone is 2. The summed E-state index contributed by atoms with van der Waals surface area (Å²) in [6.07, 6.45) is 8.00. The second-order valence-electron chi connectivity index (χ2n) is 13.6. The summed E-state index contributed by atoms with van der Waals surface area (Å²) in [6, 6.07) is 42.2. The van der Waals surface area contributed by atoms with Crippen molar-refractivity contribution in [2.24, 2.45) is 0 Å². The van der Waals surface area contributed by atoms with Crippen molar-refractivity contribution in [3.05, 3.63) is 174 Å². The topological polar surface area (TPSA) is 55.1 Å². The summed E-state index contributed by atoms with van der Waals surface area (Å²) in [5, 5.41) is 7.90. The van der Waals surface area contributed by atoms with E-state index in [2.05, 4.69) is 134 Å². The van der Waals surface area contributed by atoms with Crippen molar-refractivity contribution >= 4 is 99.9 Å². The third-order valence-electron chi connectivity index (χ3n) is 10.6. The fraction of sp³-hybridized carbons (Fsp3) is 0.0408. The molecular formula is C49H34N4OS. The molecule has 0 radical (unpaired) electrons. The molecule has 5 nitrogen and oxygen atoms in total. The maximum atomic E-state index is 6.38. The molecule has 9 aromatic rings. The molecule has 0 aliphatic carbocycles. The molecule has 0 saturated heterocycles. The number of furan rings is 1. The van der Waals surface area contributed by atoms with E-state index < -0.39 is 0 Å². The number of thiophene rings is 1. The molecule has 3 aromatic heterocycles. The van der Waals surface area contributed by atoms with E-state index in [9.17, 15) is 0 Å². The largest absolute Gasteiger partial charge is 0.456 e. The van der Waals surface area contributed by atoms with E-state index in [1.807, 2.05) is 43.4 Å². The van der Waals surface area contributed by atoms with Crippen LogP contribution in [0.15, 0.2) is 145 Å². The van der Waals surface area contributed by atoms with Gasteiger partial charge in [0, 0.05) is 47.5 Å². The lowest BCUT2D eigenvalue weighted by molar-refractivity contribution is 0.603. The van der Waals surface area contributed by atoms with Crippen LogP contribution in [0.4, 0.5) is 17.3 Å². The predicted molar refractivity (Wildman–Crippen MR) is 232 cm³/mol. The SMILES string of the molecule is C=CC1=c2c(ccc/c2=C/C)N(c2nc(/C(C)=C/c3oc4ccccc4c3C=C)nc(-c3cccc4c3sc3ccccc34)n2)c2ccc3ccccc3c21. The van der Waals surface area contributed by atoms with Gasteiger partial charge in [0.15, 0.2) is 11.6 Å². The standard InChI is InChI=1S/C49H34N4OS/c1-5-30-17-14-23-39-44(30)33(7-3)45-34-18-9-8-16-31(34)26-27-40(45)53(39)49-51-47(29(4)28-42-32(6-2)35-19-10-12-24-41(35)54-42)50-48(52-49)38-22-15-21-37-36-20-11-13-25-43(36)55-46(37)38/h5-28H,2-3H2,1,4H3/b29-28+,30-5-. The summed E-state index contributed by atoms with van der Waals surface area (Å²) in [4.78, 5) is 18.1.